The Morgan fingerprint density at radius 1 is 1.33 bits per heavy atom. The quantitative estimate of drug-likeness (QED) is 0.552. The normalized spacial score (nSPS) is 20.0. The van der Waals surface area contributed by atoms with Gasteiger partial charge in [0, 0.05) is 18.3 Å². The number of tetrazole rings is 1. The minimum Gasteiger partial charge on any atom is -0.315 e. The highest BCUT2D eigenvalue weighted by Crippen LogP contribution is 2.22. The second kappa shape index (κ2) is 9.38. The van der Waals surface area contributed by atoms with Gasteiger partial charge in [-0.2, -0.15) is 0 Å². The highest BCUT2D eigenvalue weighted by atomic mass is 32.2. The van der Waals surface area contributed by atoms with Crippen LogP contribution in [-0.2, 0) is 6.54 Å². The third kappa shape index (κ3) is 5.56. The van der Waals surface area contributed by atoms with Crippen LogP contribution in [0.5, 0.6) is 0 Å². The number of piperidine rings is 1. The van der Waals surface area contributed by atoms with E-state index in [0.717, 1.165) is 43.0 Å². The molecule has 0 amide bonds. The zero-order valence-corrected chi connectivity index (χ0v) is 14.1. The lowest BCUT2D eigenvalue weighted by molar-refractivity contribution is 0.182. The van der Waals surface area contributed by atoms with Gasteiger partial charge in [-0.15, -0.1) is 5.10 Å². The van der Waals surface area contributed by atoms with Crippen LogP contribution in [0.3, 0.4) is 0 Å². The molecule has 1 N–H and O–H groups in total. The van der Waals surface area contributed by atoms with Crippen LogP contribution in [0.15, 0.2) is 5.16 Å². The Hall–Kier alpha value is -0.660. The second-order valence-corrected chi connectivity index (χ2v) is 6.76. The van der Waals surface area contributed by atoms with Crippen LogP contribution in [0, 0.1) is 0 Å². The molecular formula is C14H28N6S. The van der Waals surface area contributed by atoms with Crippen molar-refractivity contribution in [1.82, 2.24) is 30.4 Å². The van der Waals surface area contributed by atoms with E-state index in [4.69, 9.17) is 0 Å². The number of nitrogens with zero attached hydrogens (tertiary/aromatic N) is 5. The van der Waals surface area contributed by atoms with E-state index >= 15 is 0 Å². The average Bonchev–Trinajstić information content (AvgIpc) is 2.93. The van der Waals surface area contributed by atoms with Gasteiger partial charge >= 0.3 is 0 Å². The molecule has 2 rings (SSSR count). The lowest BCUT2D eigenvalue weighted by atomic mass is 10.0. The van der Waals surface area contributed by atoms with Crippen LogP contribution in [-0.4, -0.2) is 63.6 Å². The maximum absolute atomic E-state index is 4.14. The molecule has 1 fully saturated rings. The van der Waals surface area contributed by atoms with Crippen molar-refractivity contribution in [2.75, 3.05) is 32.4 Å². The predicted molar refractivity (Wildman–Crippen MR) is 86.6 cm³/mol. The Morgan fingerprint density at radius 2 is 2.24 bits per heavy atom. The van der Waals surface area contributed by atoms with Crippen LogP contribution in [0.2, 0.25) is 0 Å². The van der Waals surface area contributed by atoms with Gasteiger partial charge < -0.3 is 10.2 Å². The van der Waals surface area contributed by atoms with Crippen molar-refractivity contribution < 1.29 is 0 Å². The summed E-state index contributed by atoms with van der Waals surface area (Å²) >= 11 is 1.79. The maximum Gasteiger partial charge on any atom is 0.209 e. The Morgan fingerprint density at radius 3 is 3.05 bits per heavy atom. The van der Waals surface area contributed by atoms with E-state index in [2.05, 4.69) is 39.7 Å². The van der Waals surface area contributed by atoms with Gasteiger partial charge in [0.1, 0.15) is 0 Å². The molecule has 0 radical (unpaired) electrons. The summed E-state index contributed by atoms with van der Waals surface area (Å²) in [7, 11) is 2.25. The first-order chi connectivity index (χ1) is 10.3. The molecule has 1 aliphatic rings. The van der Waals surface area contributed by atoms with E-state index in [1.807, 2.05) is 4.68 Å². The molecule has 2 heterocycles. The third-order valence-electron chi connectivity index (χ3n) is 4.03. The van der Waals surface area contributed by atoms with E-state index in [0.29, 0.717) is 0 Å². The Labute approximate surface area is 132 Å². The molecular weight excluding hydrogens is 284 g/mol. The first kappa shape index (κ1) is 16.7. The molecule has 1 atom stereocenters. The fourth-order valence-electron chi connectivity index (χ4n) is 2.72. The van der Waals surface area contributed by atoms with Crippen LogP contribution in [0.4, 0.5) is 0 Å². The zero-order chi connectivity index (χ0) is 14.9. The zero-order valence-electron chi connectivity index (χ0n) is 13.3. The molecule has 1 aliphatic heterocycles. The molecule has 0 aliphatic carbocycles. The molecule has 0 saturated carbocycles. The van der Waals surface area contributed by atoms with Gasteiger partial charge in [0.15, 0.2) is 0 Å². The lowest BCUT2D eigenvalue weighted by Gasteiger charge is -2.32. The van der Waals surface area contributed by atoms with Gasteiger partial charge in [-0.25, -0.2) is 4.68 Å². The number of likely N-dealkylation sites (tertiary alicyclic amines) is 1. The van der Waals surface area contributed by atoms with Crippen molar-refractivity contribution in [3.63, 3.8) is 0 Å². The van der Waals surface area contributed by atoms with Crippen molar-refractivity contribution >= 4 is 11.8 Å². The molecule has 0 aromatic carbocycles. The fraction of sp³-hybridized carbons (Fsp3) is 0.929. The van der Waals surface area contributed by atoms with Gasteiger partial charge in [0.2, 0.25) is 5.16 Å². The van der Waals surface area contributed by atoms with E-state index in [-0.39, 0.29) is 0 Å². The summed E-state index contributed by atoms with van der Waals surface area (Å²) < 4.78 is 1.91. The molecule has 6 nitrogen and oxygen atoms in total. The van der Waals surface area contributed by atoms with Gasteiger partial charge in [0.05, 0.1) is 6.54 Å². The van der Waals surface area contributed by atoms with Crippen LogP contribution >= 0.6 is 11.8 Å². The SMILES string of the molecule is CCCNCCn1nnnc1SCCC1CCCCN1C. The number of aromatic nitrogens is 4. The standard InChI is InChI=1S/C14H28N6S/c1-3-8-15-9-11-20-14(16-17-18-20)21-12-7-13-6-4-5-10-19(13)2/h13,15H,3-12H2,1-2H3. The number of hydrogen-bond donors (Lipinski definition) is 1. The summed E-state index contributed by atoms with van der Waals surface area (Å²) in [5.74, 6) is 1.10. The highest BCUT2D eigenvalue weighted by Gasteiger charge is 2.18. The molecule has 21 heavy (non-hydrogen) atoms. The largest absolute Gasteiger partial charge is 0.315 e. The van der Waals surface area contributed by atoms with Gasteiger partial charge in [-0.3, -0.25) is 0 Å². The summed E-state index contributed by atoms with van der Waals surface area (Å²) in [5, 5.41) is 16.4. The van der Waals surface area contributed by atoms with Gasteiger partial charge in [-0.05, 0) is 56.2 Å². The van der Waals surface area contributed by atoms with E-state index < -0.39 is 0 Å². The van der Waals surface area contributed by atoms with Crippen molar-refractivity contribution in [3.05, 3.63) is 0 Å². The van der Waals surface area contributed by atoms with E-state index in [1.165, 1.54) is 32.2 Å². The van der Waals surface area contributed by atoms with Crippen molar-refractivity contribution in [3.8, 4) is 0 Å². The molecule has 7 heteroatoms. The Bertz CT molecular complexity index is 397. The predicted octanol–water partition coefficient (Wildman–Crippen LogP) is 1.64. The third-order valence-corrected chi connectivity index (χ3v) is 5.02. The molecule has 0 bridgehead atoms. The van der Waals surface area contributed by atoms with E-state index in [9.17, 15) is 0 Å². The maximum atomic E-state index is 4.14. The monoisotopic (exact) mass is 312 g/mol. The Balaban J connectivity index is 1.69. The fourth-order valence-corrected chi connectivity index (χ4v) is 3.67. The van der Waals surface area contributed by atoms with Crippen LogP contribution < -0.4 is 5.32 Å². The molecule has 120 valence electrons. The summed E-state index contributed by atoms with van der Waals surface area (Å²) in [5.41, 5.74) is 0. The topological polar surface area (TPSA) is 58.9 Å². The van der Waals surface area contributed by atoms with Gasteiger partial charge in [0.25, 0.3) is 0 Å². The summed E-state index contributed by atoms with van der Waals surface area (Å²) in [6, 6.07) is 0.738. The minimum atomic E-state index is 0.738. The summed E-state index contributed by atoms with van der Waals surface area (Å²) in [4.78, 5) is 2.50. The van der Waals surface area contributed by atoms with Crippen LogP contribution in [0.25, 0.3) is 0 Å². The van der Waals surface area contributed by atoms with E-state index in [1.54, 1.807) is 11.8 Å². The molecule has 1 aromatic heterocycles. The lowest BCUT2D eigenvalue weighted by Crippen LogP contribution is -2.36. The first-order valence-corrected chi connectivity index (χ1v) is 9.09. The number of hydrogen-bond acceptors (Lipinski definition) is 6. The van der Waals surface area contributed by atoms with Crippen molar-refractivity contribution in [1.29, 1.82) is 0 Å². The Kier molecular flexibility index (Phi) is 7.46. The molecule has 1 aromatic rings. The molecule has 0 spiro atoms. The summed E-state index contributed by atoms with van der Waals surface area (Å²) in [6.45, 7) is 6.25. The molecule has 1 unspecified atom stereocenters. The average molecular weight is 312 g/mol. The molecule has 1 saturated heterocycles. The van der Waals surface area contributed by atoms with Crippen molar-refractivity contribution in [2.45, 2.75) is 56.8 Å². The number of rotatable bonds is 9. The summed E-state index contributed by atoms with van der Waals surface area (Å²) in [6.07, 6.45) is 6.45. The smallest absolute Gasteiger partial charge is 0.209 e. The number of thioether (sulfide) groups is 1. The van der Waals surface area contributed by atoms with Crippen LogP contribution in [0.1, 0.15) is 39.0 Å². The first-order valence-electron chi connectivity index (χ1n) is 8.11. The van der Waals surface area contributed by atoms with Crippen molar-refractivity contribution in [2.24, 2.45) is 0 Å². The number of nitrogens with one attached hydrogen (secondary N) is 1. The second-order valence-electron chi connectivity index (χ2n) is 5.70. The highest BCUT2D eigenvalue weighted by molar-refractivity contribution is 7.99. The van der Waals surface area contributed by atoms with Gasteiger partial charge in [-0.1, -0.05) is 25.1 Å². The minimum absolute atomic E-state index is 0.738.